The first-order chi connectivity index (χ1) is 6.70. The van der Waals surface area contributed by atoms with E-state index < -0.39 is 9.04 Å². The molecule has 0 fully saturated rings. The summed E-state index contributed by atoms with van der Waals surface area (Å²) in [6, 6.07) is 1.19. The molecule has 5 heteroatoms. The van der Waals surface area contributed by atoms with Gasteiger partial charge in [-0.2, -0.15) is 0 Å². The van der Waals surface area contributed by atoms with Crippen LogP contribution in [0.1, 0.15) is 13.3 Å². The van der Waals surface area contributed by atoms with E-state index in [0.29, 0.717) is 6.54 Å². The summed E-state index contributed by atoms with van der Waals surface area (Å²) in [5.41, 5.74) is 5.36. The van der Waals surface area contributed by atoms with Crippen molar-refractivity contribution in [2.24, 2.45) is 5.73 Å². The highest BCUT2D eigenvalue weighted by Crippen LogP contribution is 2.02. The molecule has 0 aliphatic carbocycles. The van der Waals surface area contributed by atoms with Crippen molar-refractivity contribution < 1.29 is 9.16 Å². The molecule has 0 saturated carbocycles. The number of nitrogens with one attached hydrogen (secondary N) is 1. The second kappa shape index (κ2) is 9.61. The summed E-state index contributed by atoms with van der Waals surface area (Å²) in [6.45, 7) is 6.81. The molecule has 2 atom stereocenters. The Kier molecular flexibility index (Phi) is 9.64. The van der Waals surface area contributed by atoms with Crippen LogP contribution >= 0.6 is 0 Å². The molecular formula is C9H24N2O2Si. The molecule has 0 aromatic carbocycles. The van der Waals surface area contributed by atoms with Gasteiger partial charge >= 0.3 is 0 Å². The number of hydrogen-bond acceptors (Lipinski definition) is 4. The molecule has 86 valence electrons. The van der Waals surface area contributed by atoms with E-state index in [1.807, 2.05) is 6.92 Å². The summed E-state index contributed by atoms with van der Waals surface area (Å²) in [5.74, 6) is 0. The predicted molar refractivity (Wildman–Crippen MR) is 61.9 cm³/mol. The molecule has 0 aliphatic rings. The minimum absolute atomic E-state index is 0.0475. The normalized spacial score (nSPS) is 15.4. The monoisotopic (exact) mass is 220 g/mol. The summed E-state index contributed by atoms with van der Waals surface area (Å²) in [4.78, 5) is 0. The van der Waals surface area contributed by atoms with Gasteiger partial charge in [0.2, 0.25) is 0 Å². The largest absolute Gasteiger partial charge is 0.396 e. The third-order valence-corrected chi connectivity index (χ3v) is 4.11. The molecule has 0 bridgehead atoms. The highest BCUT2D eigenvalue weighted by atomic mass is 28.3. The molecule has 0 amide bonds. The molecule has 0 aromatic heterocycles. The summed E-state index contributed by atoms with van der Waals surface area (Å²) in [6.07, 6.45) is 1.12. The molecule has 2 unspecified atom stereocenters. The second-order valence-corrected chi connectivity index (χ2v) is 5.90. The minimum atomic E-state index is -1.03. The number of rotatable bonds is 9. The van der Waals surface area contributed by atoms with E-state index in [1.54, 1.807) is 7.11 Å². The van der Waals surface area contributed by atoms with Crippen LogP contribution in [0.5, 0.6) is 0 Å². The van der Waals surface area contributed by atoms with Gasteiger partial charge in [-0.05, 0) is 32.5 Å². The van der Waals surface area contributed by atoms with Crippen LogP contribution in [0.2, 0.25) is 12.6 Å². The van der Waals surface area contributed by atoms with Crippen molar-refractivity contribution >= 4 is 9.04 Å². The lowest BCUT2D eigenvalue weighted by molar-refractivity contribution is -0.0408. The molecule has 0 aromatic rings. The van der Waals surface area contributed by atoms with Gasteiger partial charge in [-0.1, -0.05) is 0 Å². The molecule has 0 aliphatic heterocycles. The molecule has 0 heterocycles. The number of hydrogen-bond donors (Lipinski definition) is 2. The topological polar surface area (TPSA) is 56.5 Å². The highest BCUT2D eigenvalue weighted by molar-refractivity contribution is 6.50. The molecule has 3 N–H and O–H groups in total. The molecule has 0 radical (unpaired) electrons. The van der Waals surface area contributed by atoms with Crippen LogP contribution in [0, 0.1) is 0 Å². The maximum absolute atomic E-state index is 5.67. The molecule has 0 rings (SSSR count). The predicted octanol–water partition coefficient (Wildman–Crippen LogP) is 0.287. The van der Waals surface area contributed by atoms with Crippen LogP contribution in [0.3, 0.4) is 0 Å². The van der Waals surface area contributed by atoms with E-state index in [2.05, 4.69) is 11.9 Å². The Bertz CT molecular complexity index is 127. The number of ether oxygens (including phenoxy) is 1. The van der Waals surface area contributed by atoms with Crippen molar-refractivity contribution in [2.45, 2.75) is 32.2 Å². The first kappa shape index (κ1) is 14.1. The summed E-state index contributed by atoms with van der Waals surface area (Å²) >= 11 is 0. The van der Waals surface area contributed by atoms with Crippen molar-refractivity contribution in [3.05, 3.63) is 0 Å². The smallest absolute Gasteiger partial charge is 0.177 e. The summed E-state index contributed by atoms with van der Waals surface area (Å²) < 4.78 is 10.7. The van der Waals surface area contributed by atoms with Crippen LogP contribution < -0.4 is 11.1 Å². The third-order valence-electron chi connectivity index (χ3n) is 2.04. The Balaban J connectivity index is 3.22. The number of methoxy groups -OCH3 is 1. The molecule has 14 heavy (non-hydrogen) atoms. The molecule has 4 nitrogen and oxygen atoms in total. The van der Waals surface area contributed by atoms with Crippen LogP contribution in [-0.4, -0.2) is 42.1 Å². The van der Waals surface area contributed by atoms with Gasteiger partial charge in [0.25, 0.3) is 0 Å². The Morgan fingerprint density at radius 2 is 2.14 bits per heavy atom. The van der Waals surface area contributed by atoms with E-state index in [1.165, 1.54) is 12.5 Å². The zero-order valence-corrected chi connectivity index (χ0v) is 10.7. The standard InChI is InChI=1S/C9H24N2O2Si/c1-9(12-2)13-14(3)8-4-6-11-7-5-10/h9,11,14H,4-8,10H2,1-3H3. The van der Waals surface area contributed by atoms with Gasteiger partial charge in [0, 0.05) is 20.2 Å². The summed E-state index contributed by atoms with van der Waals surface area (Å²) in [5, 5.41) is 3.27. The lowest BCUT2D eigenvalue weighted by Gasteiger charge is -2.16. The van der Waals surface area contributed by atoms with Gasteiger partial charge in [-0.3, -0.25) is 0 Å². The Morgan fingerprint density at radius 1 is 1.43 bits per heavy atom. The lowest BCUT2D eigenvalue weighted by Crippen LogP contribution is -2.26. The highest BCUT2D eigenvalue weighted by Gasteiger charge is 2.08. The van der Waals surface area contributed by atoms with Gasteiger partial charge in [-0.25, -0.2) is 0 Å². The maximum atomic E-state index is 5.67. The average Bonchev–Trinajstić information content (AvgIpc) is 2.17. The summed E-state index contributed by atoms with van der Waals surface area (Å²) in [7, 11) is 0.650. The first-order valence-electron chi connectivity index (χ1n) is 5.29. The Hall–Kier alpha value is 0.0569. The zero-order valence-electron chi connectivity index (χ0n) is 9.58. The van der Waals surface area contributed by atoms with E-state index >= 15 is 0 Å². The zero-order chi connectivity index (χ0) is 10.8. The van der Waals surface area contributed by atoms with Crippen molar-refractivity contribution in [3.63, 3.8) is 0 Å². The van der Waals surface area contributed by atoms with Crippen LogP contribution in [0.4, 0.5) is 0 Å². The second-order valence-electron chi connectivity index (χ2n) is 3.43. The van der Waals surface area contributed by atoms with Crippen molar-refractivity contribution in [1.29, 1.82) is 0 Å². The van der Waals surface area contributed by atoms with Crippen LogP contribution in [0.25, 0.3) is 0 Å². The van der Waals surface area contributed by atoms with Gasteiger partial charge in [0.1, 0.15) is 6.29 Å². The van der Waals surface area contributed by atoms with Crippen LogP contribution in [-0.2, 0) is 9.16 Å². The SMILES string of the molecule is COC(C)O[SiH](C)CCCNCCN. The fourth-order valence-corrected chi connectivity index (χ4v) is 2.87. The van der Waals surface area contributed by atoms with E-state index in [-0.39, 0.29) is 6.29 Å². The quantitative estimate of drug-likeness (QED) is 0.333. The van der Waals surface area contributed by atoms with Gasteiger partial charge in [0.05, 0.1) is 0 Å². The van der Waals surface area contributed by atoms with Gasteiger partial charge in [0.15, 0.2) is 9.04 Å². The van der Waals surface area contributed by atoms with Gasteiger partial charge < -0.3 is 20.2 Å². The van der Waals surface area contributed by atoms with Gasteiger partial charge in [-0.15, -0.1) is 0 Å². The lowest BCUT2D eigenvalue weighted by atomic mass is 10.5. The Morgan fingerprint density at radius 3 is 2.71 bits per heavy atom. The molecular weight excluding hydrogens is 196 g/mol. The fourth-order valence-electron chi connectivity index (χ4n) is 1.19. The van der Waals surface area contributed by atoms with Crippen molar-refractivity contribution in [3.8, 4) is 0 Å². The van der Waals surface area contributed by atoms with E-state index in [9.17, 15) is 0 Å². The molecule has 0 spiro atoms. The molecule has 0 saturated heterocycles. The minimum Gasteiger partial charge on any atom is -0.396 e. The van der Waals surface area contributed by atoms with Crippen molar-refractivity contribution in [2.75, 3.05) is 26.7 Å². The fraction of sp³-hybridized carbons (Fsp3) is 1.00. The van der Waals surface area contributed by atoms with Crippen molar-refractivity contribution in [1.82, 2.24) is 5.32 Å². The average molecular weight is 220 g/mol. The Labute approximate surface area is 88.9 Å². The van der Waals surface area contributed by atoms with E-state index in [4.69, 9.17) is 14.9 Å². The number of nitrogens with two attached hydrogens (primary N) is 1. The third kappa shape index (κ3) is 8.65. The van der Waals surface area contributed by atoms with Crippen LogP contribution in [0.15, 0.2) is 0 Å². The first-order valence-corrected chi connectivity index (χ1v) is 7.74. The maximum Gasteiger partial charge on any atom is 0.177 e. The van der Waals surface area contributed by atoms with E-state index in [0.717, 1.165) is 13.1 Å².